The molecule has 0 aromatic carbocycles. The van der Waals surface area contributed by atoms with Gasteiger partial charge in [-0.3, -0.25) is 0 Å². The summed E-state index contributed by atoms with van der Waals surface area (Å²) in [6, 6.07) is 4.49. The Labute approximate surface area is 109 Å². The van der Waals surface area contributed by atoms with Gasteiger partial charge in [0.1, 0.15) is 5.82 Å². The largest absolute Gasteiger partial charge is 0.389 e. The maximum Gasteiger partial charge on any atom is 0.128 e. The third-order valence-corrected chi connectivity index (χ3v) is 3.76. The summed E-state index contributed by atoms with van der Waals surface area (Å²) >= 11 is 0. The average molecular weight is 249 g/mol. The van der Waals surface area contributed by atoms with Crippen LogP contribution in [0.5, 0.6) is 0 Å². The van der Waals surface area contributed by atoms with Crippen molar-refractivity contribution in [2.24, 2.45) is 0 Å². The maximum atomic E-state index is 9.48. The van der Waals surface area contributed by atoms with Gasteiger partial charge in [0, 0.05) is 25.8 Å². The van der Waals surface area contributed by atoms with Crippen LogP contribution < -0.4 is 4.90 Å². The van der Waals surface area contributed by atoms with Crippen LogP contribution in [-0.2, 0) is 0 Å². The zero-order valence-corrected chi connectivity index (χ0v) is 11.5. The molecule has 0 radical (unpaired) electrons. The number of likely N-dealkylation sites (N-methyl/N-ethyl adjacent to an activating group) is 2. The van der Waals surface area contributed by atoms with Crippen molar-refractivity contribution in [1.82, 2.24) is 9.88 Å². The molecular weight excluding hydrogens is 226 g/mol. The van der Waals surface area contributed by atoms with Crippen LogP contribution >= 0.6 is 0 Å². The van der Waals surface area contributed by atoms with Crippen molar-refractivity contribution < 1.29 is 5.11 Å². The van der Waals surface area contributed by atoms with E-state index in [0.29, 0.717) is 6.04 Å². The number of nitrogens with zero attached hydrogens (tertiary/aromatic N) is 3. The number of likely N-dealkylation sites (tertiary alicyclic amines) is 1. The summed E-state index contributed by atoms with van der Waals surface area (Å²) in [5, 5.41) is 9.48. The van der Waals surface area contributed by atoms with Gasteiger partial charge in [0.15, 0.2) is 0 Å². The molecule has 0 aliphatic carbocycles. The highest BCUT2D eigenvalue weighted by molar-refractivity contribution is 5.40. The van der Waals surface area contributed by atoms with Crippen molar-refractivity contribution in [2.45, 2.75) is 31.9 Å². The Kier molecular flexibility index (Phi) is 4.19. The molecule has 1 aromatic heterocycles. The number of aliphatic hydroxyl groups excluding tert-OH is 1. The molecule has 2 atom stereocenters. The zero-order valence-electron chi connectivity index (χ0n) is 11.5. The predicted molar refractivity (Wildman–Crippen MR) is 73.8 cm³/mol. The monoisotopic (exact) mass is 249 g/mol. The first-order valence-corrected chi connectivity index (χ1v) is 6.63. The molecule has 2 rings (SSSR count). The molecule has 2 heterocycles. The third-order valence-electron chi connectivity index (χ3n) is 3.76. The van der Waals surface area contributed by atoms with Gasteiger partial charge in [0.25, 0.3) is 0 Å². The van der Waals surface area contributed by atoms with Crippen molar-refractivity contribution in [1.29, 1.82) is 0 Å². The summed E-state index contributed by atoms with van der Waals surface area (Å²) in [5.41, 5.74) is 0.868. The number of hydrogen-bond acceptors (Lipinski definition) is 4. The van der Waals surface area contributed by atoms with Gasteiger partial charge < -0.3 is 14.9 Å². The molecule has 100 valence electrons. The van der Waals surface area contributed by atoms with Crippen molar-refractivity contribution >= 4 is 5.82 Å². The minimum Gasteiger partial charge on any atom is -0.389 e. The first-order chi connectivity index (χ1) is 8.58. The summed E-state index contributed by atoms with van der Waals surface area (Å²) in [6.07, 6.45) is 3.79. The number of hydrogen-bond donors (Lipinski definition) is 1. The van der Waals surface area contributed by atoms with E-state index < -0.39 is 6.10 Å². The normalized spacial score (nSPS) is 22.8. The van der Waals surface area contributed by atoms with Crippen LogP contribution in [0.3, 0.4) is 0 Å². The van der Waals surface area contributed by atoms with E-state index in [9.17, 15) is 5.11 Å². The summed E-state index contributed by atoms with van der Waals surface area (Å²) < 4.78 is 0. The molecule has 0 spiro atoms. The molecule has 1 saturated heterocycles. The Hall–Kier alpha value is -1.13. The van der Waals surface area contributed by atoms with Gasteiger partial charge in [0.05, 0.1) is 6.10 Å². The molecule has 4 nitrogen and oxygen atoms in total. The Morgan fingerprint density at radius 2 is 2.28 bits per heavy atom. The van der Waals surface area contributed by atoms with Crippen LogP contribution in [0.2, 0.25) is 0 Å². The van der Waals surface area contributed by atoms with Crippen LogP contribution in [0.4, 0.5) is 5.82 Å². The van der Waals surface area contributed by atoms with Crippen molar-refractivity contribution in [2.75, 3.05) is 32.1 Å². The van der Waals surface area contributed by atoms with E-state index in [1.165, 1.54) is 19.4 Å². The van der Waals surface area contributed by atoms with Gasteiger partial charge in [-0.25, -0.2) is 4.98 Å². The lowest BCUT2D eigenvalue weighted by atomic mass is 10.1. The molecule has 1 aromatic rings. The molecule has 0 bridgehead atoms. The van der Waals surface area contributed by atoms with Crippen molar-refractivity contribution in [3.8, 4) is 0 Å². The Morgan fingerprint density at radius 3 is 2.83 bits per heavy atom. The van der Waals surface area contributed by atoms with Gasteiger partial charge in [0.2, 0.25) is 0 Å². The van der Waals surface area contributed by atoms with Crippen LogP contribution in [0.25, 0.3) is 0 Å². The number of aliphatic hydroxyl groups is 1. The molecule has 1 unspecified atom stereocenters. The smallest absolute Gasteiger partial charge is 0.128 e. The lowest BCUT2D eigenvalue weighted by Crippen LogP contribution is -2.45. The van der Waals surface area contributed by atoms with E-state index in [-0.39, 0.29) is 0 Å². The summed E-state index contributed by atoms with van der Waals surface area (Å²) in [5.74, 6) is 0.986. The minimum atomic E-state index is -0.447. The third kappa shape index (κ3) is 3.00. The average Bonchev–Trinajstić information content (AvgIpc) is 2.38. The topological polar surface area (TPSA) is 39.6 Å². The highest BCUT2D eigenvalue weighted by Gasteiger charge is 2.21. The first-order valence-electron chi connectivity index (χ1n) is 6.63. The fourth-order valence-corrected chi connectivity index (χ4v) is 2.50. The Bertz CT molecular complexity index is 377. The van der Waals surface area contributed by atoms with Gasteiger partial charge in [-0.1, -0.05) is 6.07 Å². The molecule has 1 aliphatic rings. The fraction of sp³-hybridized carbons (Fsp3) is 0.643. The Morgan fingerprint density at radius 1 is 1.50 bits per heavy atom. The molecular formula is C14H23N3O. The summed E-state index contributed by atoms with van der Waals surface area (Å²) in [6.45, 7) is 4.05. The molecule has 18 heavy (non-hydrogen) atoms. The fourth-order valence-electron chi connectivity index (χ4n) is 2.50. The van der Waals surface area contributed by atoms with E-state index >= 15 is 0 Å². The summed E-state index contributed by atoms with van der Waals surface area (Å²) in [7, 11) is 4.28. The highest BCUT2D eigenvalue weighted by Crippen LogP contribution is 2.20. The van der Waals surface area contributed by atoms with Crippen LogP contribution in [0.1, 0.15) is 31.4 Å². The van der Waals surface area contributed by atoms with Gasteiger partial charge in [-0.2, -0.15) is 0 Å². The molecule has 1 N–H and O–H groups in total. The zero-order chi connectivity index (χ0) is 13.1. The molecule has 1 fully saturated rings. The van der Waals surface area contributed by atoms with E-state index in [1.54, 1.807) is 13.1 Å². The van der Waals surface area contributed by atoms with Crippen LogP contribution in [-0.4, -0.2) is 48.2 Å². The second kappa shape index (κ2) is 5.67. The standard InChI is InChI=1S/C14H23N3O/c1-11(18)12-6-7-14(15-9-12)17(3)13-5-4-8-16(2)10-13/h6-7,9,11,13,18H,4-5,8,10H2,1-3H3/t11-,13?/m1/s1. The minimum absolute atomic E-state index is 0.447. The predicted octanol–water partition coefficient (Wildman–Crippen LogP) is 1.67. The number of piperidine rings is 1. The van der Waals surface area contributed by atoms with Crippen molar-refractivity contribution in [3.05, 3.63) is 23.9 Å². The lowest BCUT2D eigenvalue weighted by Gasteiger charge is -2.36. The molecule has 1 aliphatic heterocycles. The van der Waals surface area contributed by atoms with Crippen molar-refractivity contribution in [3.63, 3.8) is 0 Å². The maximum absolute atomic E-state index is 9.48. The SMILES string of the molecule is C[C@@H](O)c1ccc(N(C)C2CCCN(C)C2)nc1. The van der Waals surface area contributed by atoms with E-state index in [2.05, 4.69) is 28.9 Å². The van der Waals surface area contributed by atoms with Crippen LogP contribution in [0, 0.1) is 0 Å². The quantitative estimate of drug-likeness (QED) is 0.884. The molecule has 0 amide bonds. The van der Waals surface area contributed by atoms with E-state index in [4.69, 9.17) is 0 Å². The lowest BCUT2D eigenvalue weighted by molar-refractivity contribution is 0.199. The second-order valence-corrected chi connectivity index (χ2v) is 5.29. The molecule has 0 saturated carbocycles. The number of rotatable bonds is 3. The van der Waals surface area contributed by atoms with Crippen LogP contribution in [0.15, 0.2) is 18.3 Å². The first kappa shape index (κ1) is 13.3. The van der Waals surface area contributed by atoms with Gasteiger partial charge in [-0.05, 0) is 45.0 Å². The number of aromatic nitrogens is 1. The number of anilines is 1. The molecule has 4 heteroatoms. The van der Waals surface area contributed by atoms with E-state index in [1.807, 2.05) is 12.1 Å². The van der Waals surface area contributed by atoms with Gasteiger partial charge >= 0.3 is 0 Å². The highest BCUT2D eigenvalue weighted by atomic mass is 16.3. The summed E-state index contributed by atoms with van der Waals surface area (Å²) in [4.78, 5) is 9.07. The number of pyridine rings is 1. The van der Waals surface area contributed by atoms with Gasteiger partial charge in [-0.15, -0.1) is 0 Å². The second-order valence-electron chi connectivity index (χ2n) is 5.29. The Balaban J connectivity index is 2.05. The van der Waals surface area contributed by atoms with E-state index in [0.717, 1.165) is 17.9 Å².